The Kier molecular flexibility index (Phi) is 5.74. The van der Waals surface area contributed by atoms with Crippen LogP contribution in [0.5, 0.6) is 0 Å². The lowest BCUT2D eigenvalue weighted by Gasteiger charge is -2.33. The van der Waals surface area contributed by atoms with Gasteiger partial charge < -0.3 is 10.6 Å². The maximum absolute atomic E-state index is 12.3. The van der Waals surface area contributed by atoms with E-state index in [-0.39, 0.29) is 11.8 Å². The molecule has 0 spiro atoms. The minimum atomic E-state index is 0.153. The Morgan fingerprint density at radius 3 is 2.33 bits per heavy atom. The SMILES string of the molecule is CC(C)N[C@H](C)[C@H]1CC[C@H](C(=O)Nc2ccncc2)CC1. The molecule has 1 aliphatic carbocycles. The topological polar surface area (TPSA) is 54.0 Å². The Morgan fingerprint density at radius 2 is 1.76 bits per heavy atom. The Balaban J connectivity index is 1.79. The van der Waals surface area contributed by atoms with Gasteiger partial charge in [0.25, 0.3) is 0 Å². The largest absolute Gasteiger partial charge is 0.326 e. The van der Waals surface area contributed by atoms with E-state index in [1.165, 1.54) is 0 Å². The fraction of sp³-hybridized carbons (Fsp3) is 0.647. The molecule has 1 aromatic rings. The highest BCUT2D eigenvalue weighted by atomic mass is 16.1. The number of pyridine rings is 1. The molecule has 1 atom stereocenters. The first-order valence-electron chi connectivity index (χ1n) is 8.03. The van der Waals surface area contributed by atoms with Crippen molar-refractivity contribution < 1.29 is 4.79 Å². The normalized spacial score (nSPS) is 23.8. The molecule has 0 aromatic carbocycles. The quantitative estimate of drug-likeness (QED) is 0.875. The van der Waals surface area contributed by atoms with Crippen molar-refractivity contribution in [2.24, 2.45) is 11.8 Å². The molecule has 1 saturated carbocycles. The van der Waals surface area contributed by atoms with Crippen molar-refractivity contribution in [2.45, 2.75) is 58.5 Å². The highest BCUT2D eigenvalue weighted by molar-refractivity contribution is 5.92. The van der Waals surface area contributed by atoms with Crippen molar-refractivity contribution >= 4 is 11.6 Å². The van der Waals surface area contributed by atoms with Crippen molar-refractivity contribution in [2.75, 3.05) is 5.32 Å². The molecular formula is C17H27N3O. The second kappa shape index (κ2) is 7.55. The zero-order valence-electron chi connectivity index (χ0n) is 13.3. The maximum atomic E-state index is 12.3. The van der Waals surface area contributed by atoms with Crippen LogP contribution in [0.15, 0.2) is 24.5 Å². The average Bonchev–Trinajstić information content (AvgIpc) is 2.47. The van der Waals surface area contributed by atoms with Gasteiger partial charge in [0.05, 0.1) is 0 Å². The Morgan fingerprint density at radius 1 is 1.14 bits per heavy atom. The molecule has 1 aromatic heterocycles. The van der Waals surface area contributed by atoms with Gasteiger partial charge in [-0.2, -0.15) is 0 Å². The van der Waals surface area contributed by atoms with E-state index in [0.29, 0.717) is 18.0 Å². The number of anilines is 1. The summed E-state index contributed by atoms with van der Waals surface area (Å²) >= 11 is 0. The molecule has 2 N–H and O–H groups in total. The van der Waals surface area contributed by atoms with E-state index in [9.17, 15) is 4.79 Å². The molecule has 4 nitrogen and oxygen atoms in total. The summed E-state index contributed by atoms with van der Waals surface area (Å²) in [5.41, 5.74) is 0.840. The molecule has 1 fully saturated rings. The number of amides is 1. The summed E-state index contributed by atoms with van der Waals surface area (Å²) in [4.78, 5) is 16.2. The van der Waals surface area contributed by atoms with E-state index in [0.717, 1.165) is 31.4 Å². The first kappa shape index (κ1) is 16.0. The minimum Gasteiger partial charge on any atom is -0.326 e. The first-order valence-corrected chi connectivity index (χ1v) is 8.03. The number of nitrogens with zero attached hydrogens (tertiary/aromatic N) is 1. The van der Waals surface area contributed by atoms with Crippen LogP contribution in [0, 0.1) is 11.8 Å². The molecule has 4 heteroatoms. The highest BCUT2D eigenvalue weighted by Gasteiger charge is 2.29. The van der Waals surface area contributed by atoms with E-state index in [1.54, 1.807) is 12.4 Å². The van der Waals surface area contributed by atoms with Crippen molar-refractivity contribution in [3.05, 3.63) is 24.5 Å². The molecule has 116 valence electrons. The number of carbonyl (C=O) groups is 1. The molecule has 0 radical (unpaired) electrons. The molecule has 1 amide bonds. The minimum absolute atomic E-state index is 0.153. The number of hydrogen-bond donors (Lipinski definition) is 2. The van der Waals surface area contributed by atoms with Gasteiger partial charge in [0, 0.05) is 36.1 Å². The van der Waals surface area contributed by atoms with E-state index >= 15 is 0 Å². The Labute approximate surface area is 127 Å². The summed E-state index contributed by atoms with van der Waals surface area (Å²) in [5.74, 6) is 1.00. The molecule has 0 bridgehead atoms. The van der Waals surface area contributed by atoms with Crippen LogP contribution < -0.4 is 10.6 Å². The predicted octanol–water partition coefficient (Wildman–Crippen LogP) is 3.21. The standard InChI is InChI=1S/C17H27N3O/c1-12(2)19-13(3)14-4-6-15(7-5-14)17(21)20-16-8-10-18-11-9-16/h8-15,19H,4-7H2,1-3H3,(H,18,20,21)/t13-,14-,15-/m1/s1. The molecule has 21 heavy (non-hydrogen) atoms. The van der Waals surface area contributed by atoms with Crippen LogP contribution in [0.3, 0.4) is 0 Å². The van der Waals surface area contributed by atoms with Crippen LogP contribution in [0.2, 0.25) is 0 Å². The third-order valence-corrected chi connectivity index (χ3v) is 4.39. The van der Waals surface area contributed by atoms with Crippen molar-refractivity contribution in [3.63, 3.8) is 0 Å². The fourth-order valence-corrected chi connectivity index (χ4v) is 3.22. The second-order valence-electron chi connectivity index (χ2n) is 6.45. The van der Waals surface area contributed by atoms with E-state index < -0.39 is 0 Å². The zero-order chi connectivity index (χ0) is 15.2. The fourth-order valence-electron chi connectivity index (χ4n) is 3.22. The molecular weight excluding hydrogens is 262 g/mol. The number of aromatic nitrogens is 1. The van der Waals surface area contributed by atoms with Crippen LogP contribution in [0.25, 0.3) is 0 Å². The molecule has 2 rings (SSSR count). The van der Waals surface area contributed by atoms with Crippen LogP contribution in [0.1, 0.15) is 46.5 Å². The van der Waals surface area contributed by atoms with Gasteiger partial charge in [-0.15, -0.1) is 0 Å². The number of hydrogen-bond acceptors (Lipinski definition) is 3. The third kappa shape index (κ3) is 4.81. The smallest absolute Gasteiger partial charge is 0.227 e. The Hall–Kier alpha value is -1.42. The summed E-state index contributed by atoms with van der Waals surface area (Å²) in [6.45, 7) is 6.64. The number of carbonyl (C=O) groups excluding carboxylic acids is 1. The summed E-state index contributed by atoms with van der Waals surface area (Å²) in [6.07, 6.45) is 7.65. The molecule has 0 aliphatic heterocycles. The maximum Gasteiger partial charge on any atom is 0.227 e. The Bertz CT molecular complexity index is 439. The molecule has 0 unspecified atom stereocenters. The number of nitrogens with one attached hydrogen (secondary N) is 2. The average molecular weight is 289 g/mol. The summed E-state index contributed by atoms with van der Waals surface area (Å²) in [5, 5.41) is 6.58. The van der Waals surface area contributed by atoms with Gasteiger partial charge >= 0.3 is 0 Å². The lowest BCUT2D eigenvalue weighted by molar-refractivity contribution is -0.121. The third-order valence-electron chi connectivity index (χ3n) is 4.39. The van der Waals surface area contributed by atoms with Crippen molar-refractivity contribution in [1.82, 2.24) is 10.3 Å². The van der Waals surface area contributed by atoms with Crippen LogP contribution in [-0.2, 0) is 4.79 Å². The summed E-state index contributed by atoms with van der Waals surface area (Å²) < 4.78 is 0. The lowest BCUT2D eigenvalue weighted by atomic mass is 9.78. The van der Waals surface area contributed by atoms with Gasteiger partial charge in [-0.25, -0.2) is 0 Å². The highest BCUT2D eigenvalue weighted by Crippen LogP contribution is 2.31. The van der Waals surface area contributed by atoms with Crippen LogP contribution in [-0.4, -0.2) is 23.0 Å². The first-order chi connectivity index (χ1) is 10.1. The van der Waals surface area contributed by atoms with Gasteiger partial charge in [-0.1, -0.05) is 13.8 Å². The van der Waals surface area contributed by atoms with Gasteiger partial charge in [0.1, 0.15) is 0 Å². The van der Waals surface area contributed by atoms with Crippen molar-refractivity contribution in [1.29, 1.82) is 0 Å². The van der Waals surface area contributed by atoms with Crippen LogP contribution >= 0.6 is 0 Å². The van der Waals surface area contributed by atoms with Gasteiger partial charge in [-0.05, 0) is 50.7 Å². The molecule has 0 saturated heterocycles. The lowest BCUT2D eigenvalue weighted by Crippen LogP contribution is -2.40. The van der Waals surface area contributed by atoms with E-state index in [1.807, 2.05) is 12.1 Å². The predicted molar refractivity (Wildman–Crippen MR) is 86.0 cm³/mol. The molecule has 1 aliphatic rings. The van der Waals surface area contributed by atoms with Gasteiger partial charge in [0.15, 0.2) is 0 Å². The van der Waals surface area contributed by atoms with Gasteiger partial charge in [-0.3, -0.25) is 9.78 Å². The summed E-state index contributed by atoms with van der Waals surface area (Å²) in [7, 11) is 0. The van der Waals surface area contributed by atoms with E-state index in [4.69, 9.17) is 0 Å². The summed E-state index contributed by atoms with van der Waals surface area (Å²) in [6, 6.07) is 4.72. The molecule has 1 heterocycles. The van der Waals surface area contributed by atoms with Crippen molar-refractivity contribution in [3.8, 4) is 0 Å². The van der Waals surface area contributed by atoms with E-state index in [2.05, 4.69) is 36.4 Å². The van der Waals surface area contributed by atoms with Gasteiger partial charge in [0.2, 0.25) is 5.91 Å². The van der Waals surface area contributed by atoms with Crippen LogP contribution in [0.4, 0.5) is 5.69 Å². The number of rotatable bonds is 5. The second-order valence-corrected chi connectivity index (χ2v) is 6.45. The monoisotopic (exact) mass is 289 g/mol. The zero-order valence-corrected chi connectivity index (χ0v) is 13.3.